The molecule has 0 unspecified atom stereocenters. The van der Waals surface area contributed by atoms with Gasteiger partial charge in [-0.3, -0.25) is 0 Å². The molecule has 10 rings (SSSR count). The first kappa shape index (κ1) is 30.0. The van der Waals surface area contributed by atoms with Crippen LogP contribution < -0.4 is 4.90 Å². The number of anilines is 3. The summed E-state index contributed by atoms with van der Waals surface area (Å²) in [6.07, 6.45) is 3.76. The Labute approximate surface area is 301 Å². The van der Waals surface area contributed by atoms with Crippen LogP contribution in [-0.2, 0) is 0 Å². The average molecular weight is 664 g/mol. The molecule has 52 heavy (non-hydrogen) atoms. The van der Waals surface area contributed by atoms with E-state index >= 15 is 0 Å². The van der Waals surface area contributed by atoms with Crippen molar-refractivity contribution in [2.45, 2.75) is 0 Å². The molecule has 2 heteroatoms. The fourth-order valence-corrected chi connectivity index (χ4v) is 8.05. The van der Waals surface area contributed by atoms with Gasteiger partial charge >= 0.3 is 0 Å². The highest BCUT2D eigenvalue weighted by Gasteiger charge is 2.25. The maximum Gasteiger partial charge on any atom is 0.143 e. The fourth-order valence-electron chi connectivity index (χ4n) is 8.05. The molecule has 9 aromatic carbocycles. The summed E-state index contributed by atoms with van der Waals surface area (Å²) < 4.78 is 6.68. The average Bonchev–Trinajstić information content (AvgIpc) is 3.59. The zero-order valence-corrected chi connectivity index (χ0v) is 28.5. The lowest BCUT2D eigenvalue weighted by Crippen LogP contribution is -2.13. The first-order valence-corrected chi connectivity index (χ1v) is 17.7. The molecule has 1 aromatic heterocycles. The maximum absolute atomic E-state index is 6.68. The molecule has 1 heterocycles. The van der Waals surface area contributed by atoms with E-state index in [4.69, 9.17) is 4.42 Å². The van der Waals surface area contributed by atoms with Crippen LogP contribution in [0.2, 0.25) is 0 Å². The largest absolute Gasteiger partial charge is 0.455 e. The molecule has 0 saturated carbocycles. The molecular weight excluding hydrogens is 631 g/mol. The second-order valence-corrected chi connectivity index (χ2v) is 13.4. The van der Waals surface area contributed by atoms with Crippen molar-refractivity contribution in [3.8, 4) is 11.1 Å². The lowest BCUT2D eigenvalue weighted by atomic mass is 9.88. The van der Waals surface area contributed by atoms with Crippen LogP contribution in [0.3, 0.4) is 0 Å². The van der Waals surface area contributed by atoms with Crippen molar-refractivity contribution in [1.29, 1.82) is 0 Å². The van der Waals surface area contributed by atoms with Gasteiger partial charge in [-0.1, -0.05) is 147 Å². The Morgan fingerprint density at radius 1 is 0.442 bits per heavy atom. The predicted molar refractivity (Wildman–Crippen MR) is 224 cm³/mol. The second kappa shape index (κ2) is 11.9. The number of hydrogen-bond acceptors (Lipinski definition) is 2. The van der Waals surface area contributed by atoms with E-state index in [0.29, 0.717) is 0 Å². The molecule has 0 aliphatic heterocycles. The summed E-state index contributed by atoms with van der Waals surface area (Å²) in [6.45, 7) is 8.01. The van der Waals surface area contributed by atoms with Gasteiger partial charge in [-0.25, -0.2) is 0 Å². The third-order valence-electron chi connectivity index (χ3n) is 10.5. The monoisotopic (exact) mass is 663 g/mol. The summed E-state index contributed by atoms with van der Waals surface area (Å²) in [4.78, 5) is 2.46. The van der Waals surface area contributed by atoms with Gasteiger partial charge in [-0.2, -0.15) is 0 Å². The summed E-state index contributed by atoms with van der Waals surface area (Å²) >= 11 is 0. The lowest BCUT2D eigenvalue weighted by molar-refractivity contribution is 0.672. The number of rotatable bonds is 6. The van der Waals surface area contributed by atoms with E-state index in [9.17, 15) is 0 Å². The first-order valence-electron chi connectivity index (χ1n) is 17.7. The zero-order chi connectivity index (χ0) is 34.8. The number of nitrogens with zero attached hydrogens (tertiary/aromatic N) is 1. The molecule has 0 aliphatic rings. The summed E-state index contributed by atoms with van der Waals surface area (Å²) in [5.41, 5.74) is 9.49. The highest BCUT2D eigenvalue weighted by Crippen LogP contribution is 2.51. The molecule has 10 aromatic rings. The third kappa shape index (κ3) is 4.58. The molecule has 244 valence electrons. The predicted octanol–water partition coefficient (Wildman–Crippen LogP) is 14.6. The van der Waals surface area contributed by atoms with Crippen molar-refractivity contribution in [3.05, 3.63) is 188 Å². The van der Waals surface area contributed by atoms with E-state index in [1.54, 1.807) is 0 Å². The van der Waals surface area contributed by atoms with Gasteiger partial charge in [0.05, 0.1) is 11.4 Å². The van der Waals surface area contributed by atoms with E-state index in [0.717, 1.165) is 66.5 Å². The maximum atomic E-state index is 6.68. The molecule has 0 aliphatic carbocycles. The van der Waals surface area contributed by atoms with E-state index in [2.05, 4.69) is 182 Å². The van der Waals surface area contributed by atoms with Crippen LogP contribution in [0.15, 0.2) is 181 Å². The Kier molecular flexibility index (Phi) is 6.84. The van der Waals surface area contributed by atoms with Crippen LogP contribution in [0, 0.1) is 0 Å². The number of furan rings is 1. The molecule has 0 bridgehead atoms. The van der Waals surface area contributed by atoms with Crippen molar-refractivity contribution in [2.75, 3.05) is 4.90 Å². The SMILES string of the molecule is C=Cc1ccc(N(c2cccc3ccccc23)c2c(-c3ccc4ccc5c6ccc(C=C)cc6oc5c4c3)c3ccccc3c3ccccc23)cc1. The van der Waals surface area contributed by atoms with Crippen LogP contribution in [0.25, 0.3) is 88.3 Å². The molecule has 0 amide bonds. The highest BCUT2D eigenvalue weighted by molar-refractivity contribution is 6.24. The van der Waals surface area contributed by atoms with Crippen LogP contribution in [-0.4, -0.2) is 0 Å². The molecular formula is C50H33NO. The molecule has 0 N–H and O–H groups in total. The zero-order valence-electron chi connectivity index (χ0n) is 28.5. The molecule has 0 saturated heterocycles. The number of benzene rings is 9. The van der Waals surface area contributed by atoms with Crippen LogP contribution in [0.5, 0.6) is 0 Å². The Bertz CT molecular complexity index is 3050. The van der Waals surface area contributed by atoms with Crippen LogP contribution in [0.1, 0.15) is 11.1 Å². The standard InChI is InChI=1S/C50H33NO/c1-3-32-20-26-37(27-21-32)51(46-19-11-13-34-12-5-6-14-38(34)46)49-43-18-10-8-16-40(43)39-15-7-9-17-42(39)48(49)36-24-23-35-25-29-44-41-28-22-33(4-2)30-47(41)52-50(44)45(35)31-36/h3-31H,1-2H2. The van der Waals surface area contributed by atoms with E-state index in [-0.39, 0.29) is 0 Å². The first-order chi connectivity index (χ1) is 25.7. The minimum absolute atomic E-state index is 0.868. The topological polar surface area (TPSA) is 16.4 Å². The van der Waals surface area contributed by atoms with E-state index in [1.807, 2.05) is 12.2 Å². The van der Waals surface area contributed by atoms with Crippen LogP contribution >= 0.6 is 0 Å². The highest BCUT2D eigenvalue weighted by atomic mass is 16.3. The molecule has 0 fully saturated rings. The Morgan fingerprint density at radius 2 is 1.06 bits per heavy atom. The summed E-state index contributed by atoms with van der Waals surface area (Å²) in [7, 11) is 0. The summed E-state index contributed by atoms with van der Waals surface area (Å²) in [6, 6.07) is 59.2. The van der Waals surface area contributed by atoms with Crippen molar-refractivity contribution in [1.82, 2.24) is 0 Å². The summed E-state index contributed by atoms with van der Waals surface area (Å²) in [5, 5.41) is 11.6. The van der Waals surface area contributed by atoms with E-state index < -0.39 is 0 Å². The van der Waals surface area contributed by atoms with Gasteiger partial charge in [-0.15, -0.1) is 0 Å². The minimum Gasteiger partial charge on any atom is -0.455 e. The van der Waals surface area contributed by atoms with Gasteiger partial charge < -0.3 is 9.32 Å². The van der Waals surface area contributed by atoms with E-state index in [1.165, 1.54) is 37.9 Å². The van der Waals surface area contributed by atoms with Crippen molar-refractivity contribution >= 4 is 94.2 Å². The quantitative estimate of drug-likeness (QED) is 0.165. The Balaban J connectivity index is 1.36. The normalized spacial score (nSPS) is 11.6. The third-order valence-corrected chi connectivity index (χ3v) is 10.5. The minimum atomic E-state index is 0.868. The smallest absolute Gasteiger partial charge is 0.143 e. The molecule has 0 atom stereocenters. The number of hydrogen-bond donors (Lipinski definition) is 0. The van der Waals surface area contributed by atoms with Gasteiger partial charge in [0.25, 0.3) is 0 Å². The lowest BCUT2D eigenvalue weighted by Gasteiger charge is -2.31. The Hall–Kier alpha value is -6.90. The fraction of sp³-hybridized carbons (Fsp3) is 0. The van der Waals surface area contributed by atoms with Crippen LogP contribution in [0.4, 0.5) is 17.1 Å². The van der Waals surface area contributed by atoms with Gasteiger partial charge in [0.15, 0.2) is 0 Å². The van der Waals surface area contributed by atoms with Crippen molar-refractivity contribution in [2.24, 2.45) is 0 Å². The molecule has 0 spiro atoms. The van der Waals surface area contributed by atoms with Gasteiger partial charge in [0, 0.05) is 38.2 Å². The molecule has 2 nitrogen and oxygen atoms in total. The Morgan fingerprint density at radius 3 is 1.85 bits per heavy atom. The van der Waals surface area contributed by atoms with Gasteiger partial charge in [0.1, 0.15) is 11.2 Å². The summed E-state index contributed by atoms with van der Waals surface area (Å²) in [5.74, 6) is 0. The van der Waals surface area contributed by atoms with Gasteiger partial charge in [-0.05, 0) is 86.1 Å². The second-order valence-electron chi connectivity index (χ2n) is 13.4. The molecule has 0 radical (unpaired) electrons. The number of fused-ring (bicyclic) bond motifs is 9. The van der Waals surface area contributed by atoms with Gasteiger partial charge in [0.2, 0.25) is 0 Å². The van der Waals surface area contributed by atoms with Crippen molar-refractivity contribution in [3.63, 3.8) is 0 Å². The van der Waals surface area contributed by atoms with Crippen molar-refractivity contribution < 1.29 is 4.42 Å².